The van der Waals surface area contributed by atoms with Crippen molar-refractivity contribution in [3.8, 4) is 5.75 Å². The molecule has 1 aromatic heterocycles. The molecule has 4 aromatic rings. The number of aromatic hydroxyl groups is 1. The van der Waals surface area contributed by atoms with E-state index in [2.05, 4.69) is 20.6 Å². The van der Waals surface area contributed by atoms with Crippen LogP contribution in [0.2, 0.25) is 0 Å². The van der Waals surface area contributed by atoms with Crippen molar-refractivity contribution < 1.29 is 19.5 Å². The van der Waals surface area contributed by atoms with Gasteiger partial charge in [0.2, 0.25) is 5.91 Å². The molecule has 2 heterocycles. The van der Waals surface area contributed by atoms with Crippen molar-refractivity contribution in [1.82, 2.24) is 9.55 Å². The van der Waals surface area contributed by atoms with Crippen molar-refractivity contribution >= 4 is 40.9 Å². The number of amides is 2. The van der Waals surface area contributed by atoms with E-state index in [4.69, 9.17) is 0 Å². The molecule has 0 radical (unpaired) electrons. The summed E-state index contributed by atoms with van der Waals surface area (Å²) in [6.07, 6.45) is 4.71. The van der Waals surface area contributed by atoms with Gasteiger partial charge in [-0.15, -0.1) is 0 Å². The number of aromatic nitrogens is 2. The third-order valence-corrected chi connectivity index (χ3v) is 6.16. The van der Waals surface area contributed by atoms with Crippen LogP contribution in [0.15, 0.2) is 78.0 Å². The van der Waals surface area contributed by atoms with Gasteiger partial charge in [0.15, 0.2) is 11.6 Å². The number of carbonyl (C=O) groups excluding carboxylic acids is 3. The molecular formula is C28H23N5O4. The molecule has 37 heavy (non-hydrogen) atoms. The third kappa shape index (κ3) is 4.74. The number of phenols is 1. The van der Waals surface area contributed by atoms with Gasteiger partial charge in [0, 0.05) is 54.2 Å². The summed E-state index contributed by atoms with van der Waals surface area (Å²) in [5, 5.41) is 15.5. The average molecular weight is 494 g/mol. The molecule has 184 valence electrons. The zero-order chi connectivity index (χ0) is 26.1. The number of imidazole rings is 1. The maximum Gasteiger partial charge on any atom is 0.291 e. The molecule has 9 nitrogen and oxygen atoms in total. The summed E-state index contributed by atoms with van der Waals surface area (Å²) in [7, 11) is 1.72. The average Bonchev–Trinajstić information content (AvgIpc) is 3.46. The van der Waals surface area contributed by atoms with E-state index in [1.807, 2.05) is 0 Å². The molecule has 0 fully saturated rings. The molecule has 1 aliphatic heterocycles. The lowest BCUT2D eigenvalue weighted by molar-refractivity contribution is -0.115. The van der Waals surface area contributed by atoms with Crippen LogP contribution in [-0.4, -0.2) is 38.5 Å². The van der Waals surface area contributed by atoms with Gasteiger partial charge >= 0.3 is 0 Å². The summed E-state index contributed by atoms with van der Waals surface area (Å²) in [4.78, 5) is 46.8. The minimum absolute atomic E-state index is 0.122. The van der Waals surface area contributed by atoms with Crippen molar-refractivity contribution in [2.45, 2.75) is 12.8 Å². The first-order chi connectivity index (χ1) is 17.8. The van der Waals surface area contributed by atoms with Crippen LogP contribution in [0.4, 0.5) is 17.1 Å². The lowest BCUT2D eigenvalue weighted by Crippen LogP contribution is -2.17. The van der Waals surface area contributed by atoms with E-state index >= 15 is 0 Å². The molecule has 1 unspecified atom stereocenters. The van der Waals surface area contributed by atoms with Gasteiger partial charge in [-0.2, -0.15) is 0 Å². The molecule has 1 atom stereocenters. The van der Waals surface area contributed by atoms with Gasteiger partial charge in [0.05, 0.1) is 5.69 Å². The largest absolute Gasteiger partial charge is 0.508 e. The second-order valence-electron chi connectivity index (χ2n) is 8.74. The van der Waals surface area contributed by atoms with E-state index in [1.54, 1.807) is 79.3 Å². The number of aliphatic imine (C=N–C) groups is 1. The van der Waals surface area contributed by atoms with Crippen LogP contribution in [0.1, 0.15) is 43.6 Å². The first kappa shape index (κ1) is 23.7. The smallest absolute Gasteiger partial charge is 0.291 e. The van der Waals surface area contributed by atoms with Crippen LogP contribution < -0.4 is 10.6 Å². The summed E-state index contributed by atoms with van der Waals surface area (Å²) in [6, 6.07) is 16.7. The number of anilines is 2. The molecule has 2 amide bonds. The molecule has 0 saturated heterocycles. The third-order valence-electron chi connectivity index (χ3n) is 6.16. The number of ketones is 1. The number of hydrogen-bond acceptors (Lipinski definition) is 6. The minimum Gasteiger partial charge on any atom is -0.508 e. The fourth-order valence-electron chi connectivity index (χ4n) is 4.09. The second-order valence-corrected chi connectivity index (χ2v) is 8.74. The van der Waals surface area contributed by atoms with E-state index in [9.17, 15) is 19.5 Å². The quantitative estimate of drug-likeness (QED) is 0.272. The van der Waals surface area contributed by atoms with Crippen molar-refractivity contribution in [3.63, 3.8) is 0 Å². The summed E-state index contributed by atoms with van der Waals surface area (Å²) in [5.41, 5.74) is 3.73. The van der Waals surface area contributed by atoms with Gasteiger partial charge in [-0.05, 0) is 54.4 Å². The van der Waals surface area contributed by atoms with E-state index in [0.717, 1.165) is 5.56 Å². The zero-order valence-corrected chi connectivity index (χ0v) is 20.1. The molecule has 1 aliphatic rings. The fraction of sp³-hybridized carbons (Fsp3) is 0.107. The Labute approximate surface area is 212 Å². The van der Waals surface area contributed by atoms with Gasteiger partial charge in [0.25, 0.3) is 5.91 Å². The highest BCUT2D eigenvalue weighted by atomic mass is 16.3. The second kappa shape index (κ2) is 9.54. The Bertz CT molecular complexity index is 1590. The monoisotopic (exact) mass is 493 g/mol. The Morgan fingerprint density at radius 1 is 1.11 bits per heavy atom. The molecule has 0 saturated carbocycles. The maximum atomic E-state index is 13.3. The Morgan fingerprint density at radius 2 is 1.92 bits per heavy atom. The number of hydrogen-bond donors (Lipinski definition) is 3. The number of aryl methyl sites for hydroxylation is 2. The highest BCUT2D eigenvalue weighted by Gasteiger charge is 2.30. The maximum absolute atomic E-state index is 13.3. The van der Waals surface area contributed by atoms with Gasteiger partial charge in [-0.1, -0.05) is 18.2 Å². The molecule has 3 N–H and O–H groups in total. The first-order valence-electron chi connectivity index (χ1n) is 11.5. The summed E-state index contributed by atoms with van der Waals surface area (Å²) < 4.78 is 1.60. The SMILES string of the molecule is Cc1ccc(N=CC2C(=O)Nc3ccc(C(=O)c4cccc(NC(=O)c5nccn5C)c4)cc32)cc1O. The number of fused-ring (bicyclic) bond motifs is 1. The van der Waals surface area contributed by atoms with Gasteiger partial charge in [-0.3, -0.25) is 19.4 Å². The number of rotatable bonds is 6. The molecule has 9 heteroatoms. The molecular weight excluding hydrogens is 470 g/mol. The Kier molecular flexibility index (Phi) is 6.10. The van der Waals surface area contributed by atoms with Crippen LogP contribution in [0, 0.1) is 6.92 Å². The zero-order valence-electron chi connectivity index (χ0n) is 20.1. The van der Waals surface area contributed by atoms with E-state index in [1.165, 1.54) is 18.5 Å². The van der Waals surface area contributed by atoms with Gasteiger partial charge in [0.1, 0.15) is 11.7 Å². The molecule has 3 aromatic carbocycles. The highest BCUT2D eigenvalue weighted by Crippen LogP contribution is 2.34. The molecule has 0 bridgehead atoms. The molecule has 0 spiro atoms. The van der Waals surface area contributed by atoms with Crippen LogP contribution in [0.3, 0.4) is 0 Å². The Balaban J connectivity index is 1.38. The summed E-state index contributed by atoms with van der Waals surface area (Å²) >= 11 is 0. The van der Waals surface area contributed by atoms with Gasteiger partial charge < -0.3 is 20.3 Å². The fourth-order valence-corrected chi connectivity index (χ4v) is 4.09. The lowest BCUT2D eigenvalue weighted by Gasteiger charge is -2.09. The molecule has 5 rings (SSSR count). The van der Waals surface area contributed by atoms with E-state index < -0.39 is 5.92 Å². The normalized spacial score (nSPS) is 14.4. The van der Waals surface area contributed by atoms with Crippen LogP contribution >= 0.6 is 0 Å². The van der Waals surface area contributed by atoms with Crippen molar-refractivity contribution in [2.75, 3.05) is 10.6 Å². The van der Waals surface area contributed by atoms with Crippen molar-refractivity contribution in [2.24, 2.45) is 12.0 Å². The predicted octanol–water partition coefficient (Wildman–Crippen LogP) is 4.36. The highest BCUT2D eigenvalue weighted by molar-refractivity contribution is 6.15. The van der Waals surface area contributed by atoms with Crippen molar-refractivity contribution in [3.05, 3.63) is 101 Å². The van der Waals surface area contributed by atoms with Crippen LogP contribution in [0.25, 0.3) is 0 Å². The Hall–Kier alpha value is -5.05. The minimum atomic E-state index is -0.686. The first-order valence-corrected chi connectivity index (χ1v) is 11.5. The molecule has 0 aliphatic carbocycles. The topological polar surface area (TPSA) is 126 Å². The van der Waals surface area contributed by atoms with Crippen molar-refractivity contribution in [1.29, 1.82) is 0 Å². The summed E-state index contributed by atoms with van der Waals surface area (Å²) in [6.45, 7) is 1.78. The van der Waals surface area contributed by atoms with E-state index in [-0.39, 0.29) is 29.2 Å². The van der Waals surface area contributed by atoms with Gasteiger partial charge in [-0.25, -0.2) is 4.98 Å². The number of nitrogens with zero attached hydrogens (tertiary/aromatic N) is 3. The number of phenolic OH excluding ortho intramolecular Hbond substituents is 1. The van der Waals surface area contributed by atoms with Crippen LogP contribution in [0.5, 0.6) is 5.75 Å². The van der Waals surface area contributed by atoms with E-state index in [0.29, 0.717) is 33.8 Å². The summed E-state index contributed by atoms with van der Waals surface area (Å²) in [5.74, 6) is -1.20. The number of nitrogens with one attached hydrogen (secondary N) is 2. The Morgan fingerprint density at radius 3 is 2.68 bits per heavy atom. The number of carbonyl (C=O) groups is 3. The predicted molar refractivity (Wildman–Crippen MR) is 140 cm³/mol. The standard InChI is InChI=1S/C28H23N5O4/c1-16-6-8-19(14-24(16)34)30-15-22-21-13-18(7-9-23(21)32-27(22)36)25(35)17-4-3-5-20(12-17)31-28(37)26-29-10-11-33(26)2/h3-15,22,34H,1-2H3,(H,31,37)(H,32,36). The van der Waals surface area contributed by atoms with Crippen LogP contribution in [-0.2, 0) is 11.8 Å². The lowest BCUT2D eigenvalue weighted by atomic mass is 9.96. The number of benzene rings is 3.